The summed E-state index contributed by atoms with van der Waals surface area (Å²) >= 11 is 0. The topological polar surface area (TPSA) is 132 Å². The monoisotopic (exact) mass is 571 g/mol. The van der Waals surface area contributed by atoms with Gasteiger partial charge in [0.1, 0.15) is 18.0 Å². The number of carbonyl (C=O) groups excluding carboxylic acids is 2. The van der Waals surface area contributed by atoms with Gasteiger partial charge in [-0.3, -0.25) is 13.9 Å². The quantitative estimate of drug-likeness (QED) is 0.336. The van der Waals surface area contributed by atoms with Crippen molar-refractivity contribution in [3.8, 4) is 23.0 Å². The van der Waals surface area contributed by atoms with Crippen LogP contribution in [0.15, 0.2) is 65.6 Å². The molecule has 2 amide bonds. The molecule has 3 rings (SSSR count). The maximum atomic E-state index is 14.0. The largest absolute Gasteiger partial charge is 0.497 e. The molecule has 214 valence electrons. The van der Waals surface area contributed by atoms with Crippen LogP contribution in [0.5, 0.6) is 23.0 Å². The number of carbonyl (C=O) groups is 2. The Bertz CT molecular complexity index is 1470. The van der Waals surface area contributed by atoms with Crippen LogP contribution in [0, 0.1) is 0 Å². The zero-order chi connectivity index (χ0) is 29.4. The Morgan fingerprint density at radius 3 is 2.10 bits per heavy atom. The SMILES string of the molecule is COc1ccc(OC)c(N(CC(=O)Nc2ccccc2C(=O)NC(C)C)S(=O)(=O)c2ccc(OC)c(OC)c2)c1. The summed E-state index contributed by atoms with van der Waals surface area (Å²) in [5.41, 5.74) is 0.530. The second-order valence-corrected chi connectivity index (χ2v) is 10.7. The van der Waals surface area contributed by atoms with E-state index in [1.807, 2.05) is 13.8 Å². The number of para-hydroxylation sites is 1. The van der Waals surface area contributed by atoms with Gasteiger partial charge >= 0.3 is 0 Å². The van der Waals surface area contributed by atoms with Crippen LogP contribution in [-0.2, 0) is 14.8 Å². The van der Waals surface area contributed by atoms with Crippen LogP contribution in [0.1, 0.15) is 24.2 Å². The number of hydrogen-bond donors (Lipinski definition) is 2. The van der Waals surface area contributed by atoms with Crippen LogP contribution in [0.2, 0.25) is 0 Å². The van der Waals surface area contributed by atoms with Crippen molar-refractivity contribution in [2.24, 2.45) is 0 Å². The normalized spacial score (nSPS) is 11.0. The van der Waals surface area contributed by atoms with E-state index in [0.717, 1.165) is 4.31 Å². The average molecular weight is 572 g/mol. The second kappa shape index (κ2) is 13.1. The van der Waals surface area contributed by atoms with Gasteiger partial charge in [-0.2, -0.15) is 0 Å². The molecule has 0 radical (unpaired) electrons. The molecule has 3 aromatic carbocycles. The molecule has 12 heteroatoms. The first-order chi connectivity index (χ1) is 19.0. The van der Waals surface area contributed by atoms with Crippen LogP contribution in [0.25, 0.3) is 0 Å². The van der Waals surface area contributed by atoms with Gasteiger partial charge < -0.3 is 29.6 Å². The Hall–Kier alpha value is -4.45. The minimum absolute atomic E-state index is 0.0672. The highest BCUT2D eigenvalue weighted by molar-refractivity contribution is 7.92. The molecule has 0 aliphatic rings. The van der Waals surface area contributed by atoms with E-state index in [0.29, 0.717) is 11.5 Å². The fraction of sp³-hybridized carbons (Fsp3) is 0.286. The first kappa shape index (κ1) is 30.1. The van der Waals surface area contributed by atoms with Gasteiger partial charge in [0.05, 0.1) is 50.3 Å². The fourth-order valence-electron chi connectivity index (χ4n) is 3.85. The second-order valence-electron chi connectivity index (χ2n) is 8.79. The van der Waals surface area contributed by atoms with Crippen molar-refractivity contribution in [3.63, 3.8) is 0 Å². The van der Waals surface area contributed by atoms with Crippen molar-refractivity contribution in [1.29, 1.82) is 0 Å². The van der Waals surface area contributed by atoms with E-state index in [1.165, 1.54) is 58.8 Å². The highest BCUT2D eigenvalue weighted by Crippen LogP contribution is 2.37. The van der Waals surface area contributed by atoms with E-state index in [4.69, 9.17) is 18.9 Å². The van der Waals surface area contributed by atoms with Gasteiger partial charge in [-0.25, -0.2) is 8.42 Å². The molecule has 3 aromatic rings. The molecule has 0 spiro atoms. The number of benzene rings is 3. The Morgan fingerprint density at radius 1 is 0.825 bits per heavy atom. The van der Waals surface area contributed by atoms with Crippen molar-refractivity contribution in [3.05, 3.63) is 66.2 Å². The average Bonchev–Trinajstić information content (AvgIpc) is 2.94. The molecule has 0 aliphatic carbocycles. The van der Waals surface area contributed by atoms with Crippen molar-refractivity contribution in [2.45, 2.75) is 24.8 Å². The molecule has 40 heavy (non-hydrogen) atoms. The Balaban J connectivity index is 2.08. The number of methoxy groups -OCH3 is 4. The fourth-order valence-corrected chi connectivity index (χ4v) is 5.29. The van der Waals surface area contributed by atoms with Crippen LogP contribution in [-0.4, -0.2) is 61.3 Å². The summed E-state index contributed by atoms with van der Waals surface area (Å²) in [6.45, 7) is 2.98. The lowest BCUT2D eigenvalue weighted by Gasteiger charge is -2.26. The number of nitrogens with zero attached hydrogens (tertiary/aromatic N) is 1. The third-order valence-corrected chi connectivity index (χ3v) is 7.51. The minimum atomic E-state index is -4.38. The molecule has 0 unspecified atom stereocenters. The maximum Gasteiger partial charge on any atom is 0.265 e. The van der Waals surface area contributed by atoms with Crippen molar-refractivity contribution in [2.75, 3.05) is 44.6 Å². The van der Waals surface area contributed by atoms with Gasteiger partial charge in [0.2, 0.25) is 5.91 Å². The highest BCUT2D eigenvalue weighted by atomic mass is 32.2. The van der Waals surface area contributed by atoms with E-state index in [1.54, 1.807) is 30.3 Å². The highest BCUT2D eigenvalue weighted by Gasteiger charge is 2.31. The lowest BCUT2D eigenvalue weighted by Crippen LogP contribution is -2.39. The summed E-state index contributed by atoms with van der Waals surface area (Å²) in [5, 5.41) is 5.46. The molecule has 0 atom stereocenters. The zero-order valence-corrected chi connectivity index (χ0v) is 24.0. The first-order valence-corrected chi connectivity index (χ1v) is 13.7. The number of amides is 2. The molecule has 0 heterocycles. The molecule has 0 fully saturated rings. The molecule has 0 bridgehead atoms. The Morgan fingerprint density at radius 2 is 1.48 bits per heavy atom. The van der Waals surface area contributed by atoms with Gasteiger partial charge in [0, 0.05) is 18.2 Å². The van der Waals surface area contributed by atoms with Crippen molar-refractivity contribution < 1.29 is 37.0 Å². The molecular weight excluding hydrogens is 538 g/mol. The Kier molecular flexibility index (Phi) is 9.83. The minimum Gasteiger partial charge on any atom is -0.497 e. The zero-order valence-electron chi connectivity index (χ0n) is 23.2. The first-order valence-electron chi connectivity index (χ1n) is 12.2. The molecule has 11 nitrogen and oxygen atoms in total. The van der Waals surface area contributed by atoms with E-state index in [-0.39, 0.29) is 45.3 Å². The van der Waals surface area contributed by atoms with E-state index in [2.05, 4.69) is 10.6 Å². The molecule has 2 N–H and O–H groups in total. The van der Waals surface area contributed by atoms with Gasteiger partial charge in [0.15, 0.2) is 11.5 Å². The third-order valence-electron chi connectivity index (χ3n) is 5.75. The van der Waals surface area contributed by atoms with Crippen LogP contribution in [0.3, 0.4) is 0 Å². The van der Waals surface area contributed by atoms with Crippen molar-refractivity contribution in [1.82, 2.24) is 5.32 Å². The van der Waals surface area contributed by atoms with E-state index < -0.39 is 22.5 Å². The predicted octanol–water partition coefficient (Wildman–Crippen LogP) is 3.69. The van der Waals surface area contributed by atoms with E-state index in [9.17, 15) is 18.0 Å². The third kappa shape index (κ3) is 6.75. The number of nitrogens with one attached hydrogen (secondary N) is 2. The predicted molar refractivity (Wildman–Crippen MR) is 151 cm³/mol. The van der Waals surface area contributed by atoms with Gasteiger partial charge in [-0.05, 0) is 50.2 Å². The summed E-state index contributed by atoms with van der Waals surface area (Å²) in [6.07, 6.45) is 0. The number of rotatable bonds is 12. The molecular formula is C28H33N3O8S. The summed E-state index contributed by atoms with van der Waals surface area (Å²) in [6, 6.07) is 15.0. The van der Waals surface area contributed by atoms with Gasteiger partial charge in [0.25, 0.3) is 15.9 Å². The van der Waals surface area contributed by atoms with E-state index >= 15 is 0 Å². The number of hydrogen-bond acceptors (Lipinski definition) is 8. The van der Waals surface area contributed by atoms with Crippen LogP contribution in [0.4, 0.5) is 11.4 Å². The lowest BCUT2D eigenvalue weighted by molar-refractivity contribution is -0.114. The number of anilines is 2. The maximum absolute atomic E-state index is 14.0. The molecule has 0 saturated heterocycles. The smallest absolute Gasteiger partial charge is 0.265 e. The standard InChI is InChI=1S/C28H33N3O8S/c1-18(2)29-28(33)21-9-7-8-10-22(21)30-27(32)17-31(23-15-19(36-3)11-13-24(23)37-4)40(34,35)20-12-14-25(38-5)26(16-20)39-6/h7-16,18H,17H2,1-6H3,(H,29,33)(H,30,32). The summed E-state index contributed by atoms with van der Waals surface area (Å²) < 4.78 is 50.3. The van der Waals surface area contributed by atoms with Crippen LogP contribution >= 0.6 is 0 Å². The summed E-state index contributed by atoms with van der Waals surface area (Å²) in [7, 11) is 1.26. The summed E-state index contributed by atoms with van der Waals surface area (Å²) in [4.78, 5) is 25.9. The molecule has 0 saturated carbocycles. The number of ether oxygens (including phenoxy) is 4. The van der Waals surface area contributed by atoms with Crippen molar-refractivity contribution >= 4 is 33.2 Å². The summed E-state index contributed by atoms with van der Waals surface area (Å²) in [5.74, 6) is -0.0145. The van der Waals surface area contributed by atoms with Gasteiger partial charge in [-0.15, -0.1) is 0 Å². The number of sulfonamides is 1. The lowest BCUT2D eigenvalue weighted by atomic mass is 10.1. The Labute approximate surface area is 234 Å². The van der Waals surface area contributed by atoms with Crippen LogP contribution < -0.4 is 33.9 Å². The molecule has 0 aliphatic heterocycles. The molecule has 0 aromatic heterocycles. The van der Waals surface area contributed by atoms with Gasteiger partial charge in [-0.1, -0.05) is 12.1 Å².